The Morgan fingerprint density at radius 3 is 2.55 bits per heavy atom. The molecule has 0 bridgehead atoms. The van der Waals surface area contributed by atoms with Gasteiger partial charge in [0.1, 0.15) is 5.58 Å². The Balaban J connectivity index is 2.12. The first-order valence-electron chi connectivity index (χ1n) is 6.05. The summed E-state index contributed by atoms with van der Waals surface area (Å²) < 4.78 is 6.61. The fourth-order valence-electron chi connectivity index (χ4n) is 2.14. The van der Waals surface area contributed by atoms with Crippen LogP contribution in [0.25, 0.3) is 11.0 Å². The first-order valence-corrected chi connectivity index (χ1v) is 7.22. The highest BCUT2D eigenvalue weighted by molar-refractivity contribution is 9.10. The van der Waals surface area contributed by atoms with Crippen molar-refractivity contribution in [3.8, 4) is 0 Å². The molecule has 2 nitrogen and oxygen atoms in total. The number of aryl methyl sites for hydroxylation is 1. The number of carbonyl (C=O) groups excluding carboxylic acids is 1. The van der Waals surface area contributed by atoms with Crippen molar-refractivity contribution in [1.29, 1.82) is 0 Å². The standard InChI is InChI=1S/C16H10BrClO2/c1-9-13-8-12(18)6-7-14(13)20-16(9)15(19)10-2-4-11(17)5-3-10/h2-8H,1H3. The van der Waals surface area contributed by atoms with E-state index in [9.17, 15) is 4.79 Å². The molecule has 0 N–H and O–H groups in total. The number of halogens is 2. The lowest BCUT2D eigenvalue weighted by atomic mass is 10.1. The van der Waals surface area contributed by atoms with Crippen molar-refractivity contribution in [2.75, 3.05) is 0 Å². The second-order valence-electron chi connectivity index (χ2n) is 4.53. The van der Waals surface area contributed by atoms with E-state index in [0.29, 0.717) is 21.9 Å². The van der Waals surface area contributed by atoms with Crippen LogP contribution in [-0.2, 0) is 0 Å². The molecule has 3 aromatic rings. The first-order chi connectivity index (χ1) is 9.56. The Bertz CT molecular complexity index is 803. The van der Waals surface area contributed by atoms with E-state index < -0.39 is 0 Å². The van der Waals surface area contributed by atoms with Crippen molar-refractivity contribution in [3.05, 3.63) is 68.8 Å². The molecule has 20 heavy (non-hydrogen) atoms. The monoisotopic (exact) mass is 348 g/mol. The zero-order valence-electron chi connectivity index (χ0n) is 10.6. The molecule has 0 unspecified atom stereocenters. The fourth-order valence-corrected chi connectivity index (χ4v) is 2.58. The SMILES string of the molecule is Cc1c(C(=O)c2ccc(Br)cc2)oc2ccc(Cl)cc12. The molecule has 3 rings (SSSR count). The van der Waals surface area contributed by atoms with Crippen LogP contribution in [0, 0.1) is 6.92 Å². The van der Waals surface area contributed by atoms with Gasteiger partial charge >= 0.3 is 0 Å². The lowest BCUT2D eigenvalue weighted by molar-refractivity contribution is 0.101. The Morgan fingerprint density at radius 2 is 1.85 bits per heavy atom. The first kappa shape index (κ1) is 13.4. The van der Waals surface area contributed by atoms with Crippen LogP contribution >= 0.6 is 27.5 Å². The summed E-state index contributed by atoms with van der Waals surface area (Å²) in [7, 11) is 0. The zero-order chi connectivity index (χ0) is 14.3. The van der Waals surface area contributed by atoms with Gasteiger partial charge in [0, 0.05) is 26.0 Å². The van der Waals surface area contributed by atoms with Crippen LogP contribution in [0.5, 0.6) is 0 Å². The summed E-state index contributed by atoms with van der Waals surface area (Å²) >= 11 is 9.33. The summed E-state index contributed by atoms with van der Waals surface area (Å²) in [5, 5.41) is 1.50. The molecule has 0 aliphatic rings. The maximum Gasteiger partial charge on any atom is 0.228 e. The predicted octanol–water partition coefficient (Wildman–Crippen LogP) is 5.39. The van der Waals surface area contributed by atoms with Gasteiger partial charge in [-0.15, -0.1) is 0 Å². The number of fused-ring (bicyclic) bond motifs is 1. The van der Waals surface area contributed by atoms with Crippen molar-refractivity contribution < 1.29 is 9.21 Å². The van der Waals surface area contributed by atoms with Crippen LogP contribution in [0.3, 0.4) is 0 Å². The Morgan fingerprint density at radius 1 is 1.15 bits per heavy atom. The van der Waals surface area contributed by atoms with Crippen LogP contribution in [-0.4, -0.2) is 5.78 Å². The average Bonchev–Trinajstić information content (AvgIpc) is 2.76. The zero-order valence-corrected chi connectivity index (χ0v) is 13.0. The second-order valence-corrected chi connectivity index (χ2v) is 5.88. The van der Waals surface area contributed by atoms with Gasteiger partial charge in [0.05, 0.1) is 0 Å². The number of benzene rings is 2. The van der Waals surface area contributed by atoms with Gasteiger partial charge in [-0.3, -0.25) is 4.79 Å². The van der Waals surface area contributed by atoms with Gasteiger partial charge < -0.3 is 4.42 Å². The summed E-state index contributed by atoms with van der Waals surface area (Å²) in [6.07, 6.45) is 0. The third kappa shape index (κ3) is 2.28. The van der Waals surface area contributed by atoms with Crippen LogP contribution in [0.2, 0.25) is 5.02 Å². The second kappa shape index (κ2) is 5.08. The van der Waals surface area contributed by atoms with E-state index in [1.807, 2.05) is 25.1 Å². The Labute approximate surface area is 129 Å². The topological polar surface area (TPSA) is 30.2 Å². The van der Waals surface area contributed by atoms with Crippen molar-refractivity contribution in [1.82, 2.24) is 0 Å². The van der Waals surface area contributed by atoms with E-state index in [4.69, 9.17) is 16.0 Å². The maximum absolute atomic E-state index is 12.5. The highest BCUT2D eigenvalue weighted by Crippen LogP contribution is 2.29. The highest BCUT2D eigenvalue weighted by Gasteiger charge is 2.19. The molecule has 0 saturated carbocycles. The molecule has 0 aliphatic heterocycles. The molecule has 0 amide bonds. The summed E-state index contributed by atoms with van der Waals surface area (Å²) in [4.78, 5) is 12.5. The number of hydrogen-bond donors (Lipinski definition) is 0. The van der Waals surface area contributed by atoms with Gasteiger partial charge in [-0.05, 0) is 49.4 Å². The van der Waals surface area contributed by atoms with E-state index in [0.717, 1.165) is 15.4 Å². The quantitative estimate of drug-likeness (QED) is 0.581. The van der Waals surface area contributed by atoms with Gasteiger partial charge in [-0.2, -0.15) is 0 Å². The third-order valence-electron chi connectivity index (χ3n) is 3.21. The van der Waals surface area contributed by atoms with Crippen molar-refractivity contribution >= 4 is 44.3 Å². The summed E-state index contributed by atoms with van der Waals surface area (Å²) in [6, 6.07) is 12.6. The summed E-state index contributed by atoms with van der Waals surface area (Å²) in [5.74, 6) is 0.243. The van der Waals surface area contributed by atoms with Crippen LogP contribution in [0.15, 0.2) is 51.4 Å². The minimum Gasteiger partial charge on any atom is -0.452 e. The van der Waals surface area contributed by atoms with Crippen LogP contribution < -0.4 is 0 Å². The van der Waals surface area contributed by atoms with Gasteiger partial charge in [-0.1, -0.05) is 27.5 Å². The molecule has 0 radical (unpaired) electrons. The van der Waals surface area contributed by atoms with Crippen LogP contribution in [0.4, 0.5) is 0 Å². The Hall–Kier alpha value is -1.58. The van der Waals surface area contributed by atoms with E-state index in [2.05, 4.69) is 15.9 Å². The molecular weight excluding hydrogens is 340 g/mol. The highest BCUT2D eigenvalue weighted by atomic mass is 79.9. The smallest absolute Gasteiger partial charge is 0.228 e. The molecule has 100 valence electrons. The summed E-state index contributed by atoms with van der Waals surface area (Å²) in [6.45, 7) is 1.87. The third-order valence-corrected chi connectivity index (χ3v) is 3.97. The molecule has 0 fully saturated rings. The molecule has 0 aliphatic carbocycles. The van der Waals surface area contributed by atoms with E-state index >= 15 is 0 Å². The minimum absolute atomic E-state index is 0.123. The molecular formula is C16H10BrClO2. The molecule has 0 spiro atoms. The fraction of sp³-hybridized carbons (Fsp3) is 0.0625. The maximum atomic E-state index is 12.5. The minimum atomic E-state index is -0.123. The Kier molecular flexibility index (Phi) is 3.40. The van der Waals surface area contributed by atoms with Gasteiger partial charge in [-0.25, -0.2) is 0 Å². The average molecular weight is 350 g/mol. The van der Waals surface area contributed by atoms with E-state index in [-0.39, 0.29) is 5.78 Å². The lowest BCUT2D eigenvalue weighted by Crippen LogP contribution is -2.01. The van der Waals surface area contributed by atoms with E-state index in [1.54, 1.807) is 24.3 Å². The largest absolute Gasteiger partial charge is 0.452 e. The summed E-state index contributed by atoms with van der Waals surface area (Å²) in [5.41, 5.74) is 2.09. The van der Waals surface area contributed by atoms with Crippen molar-refractivity contribution in [2.45, 2.75) is 6.92 Å². The molecule has 0 atom stereocenters. The van der Waals surface area contributed by atoms with Gasteiger partial charge in [0.15, 0.2) is 5.76 Å². The van der Waals surface area contributed by atoms with Crippen molar-refractivity contribution in [3.63, 3.8) is 0 Å². The van der Waals surface area contributed by atoms with Crippen molar-refractivity contribution in [2.24, 2.45) is 0 Å². The molecule has 2 aromatic carbocycles. The molecule has 1 aromatic heterocycles. The molecule has 4 heteroatoms. The number of rotatable bonds is 2. The number of carbonyl (C=O) groups is 1. The molecule has 0 saturated heterocycles. The van der Waals surface area contributed by atoms with Crippen LogP contribution in [0.1, 0.15) is 21.7 Å². The lowest BCUT2D eigenvalue weighted by Gasteiger charge is -1.99. The normalized spacial score (nSPS) is 10.9. The number of furan rings is 1. The number of ketones is 1. The predicted molar refractivity (Wildman–Crippen MR) is 83.5 cm³/mol. The molecule has 1 heterocycles. The van der Waals surface area contributed by atoms with Gasteiger partial charge in [0.2, 0.25) is 5.78 Å². The van der Waals surface area contributed by atoms with E-state index in [1.165, 1.54) is 0 Å². The van der Waals surface area contributed by atoms with Gasteiger partial charge in [0.25, 0.3) is 0 Å². The number of hydrogen-bond acceptors (Lipinski definition) is 2.